The number of benzene rings is 2. The Kier molecular flexibility index (Phi) is 5.98. The van der Waals surface area contributed by atoms with Crippen LogP contribution >= 0.6 is 11.6 Å². The van der Waals surface area contributed by atoms with Gasteiger partial charge in [-0.05, 0) is 55.3 Å². The summed E-state index contributed by atoms with van der Waals surface area (Å²) in [5.41, 5.74) is 0.980. The molecule has 0 aromatic heterocycles. The Morgan fingerprint density at radius 2 is 1.57 bits per heavy atom. The fourth-order valence-corrected chi connectivity index (χ4v) is 3.24. The standard InChI is InChI=1S/C19H18ClF4N3O/c20-13-1-3-14(4-2-13)25-18(28)26-15-5-6-17(16(21)11-15)27-9-7-12(8-10-27)19(22,23)24/h1-6,11-12H,7-10H2,(H2,25,26,28). The second-order valence-corrected chi connectivity index (χ2v) is 6.99. The minimum absolute atomic E-state index is 0.0631. The SMILES string of the molecule is O=C(Nc1ccc(Cl)cc1)Nc1ccc(N2CCC(C(F)(F)F)CC2)c(F)c1. The molecule has 150 valence electrons. The van der Waals surface area contributed by atoms with Crippen molar-refractivity contribution in [1.82, 2.24) is 0 Å². The summed E-state index contributed by atoms with van der Waals surface area (Å²) in [5, 5.41) is 5.63. The second kappa shape index (κ2) is 8.26. The van der Waals surface area contributed by atoms with Crippen LogP contribution in [-0.4, -0.2) is 25.3 Å². The fraction of sp³-hybridized carbons (Fsp3) is 0.316. The number of nitrogens with one attached hydrogen (secondary N) is 2. The maximum atomic E-state index is 14.4. The predicted octanol–water partition coefficient (Wildman–Crippen LogP) is 5.90. The number of rotatable bonds is 3. The van der Waals surface area contributed by atoms with Gasteiger partial charge < -0.3 is 15.5 Å². The van der Waals surface area contributed by atoms with Gasteiger partial charge in [0.25, 0.3) is 0 Å². The lowest BCUT2D eigenvalue weighted by Gasteiger charge is -2.34. The van der Waals surface area contributed by atoms with E-state index in [-0.39, 0.29) is 37.3 Å². The molecule has 28 heavy (non-hydrogen) atoms. The van der Waals surface area contributed by atoms with E-state index in [1.807, 2.05) is 0 Å². The van der Waals surface area contributed by atoms with Crippen molar-refractivity contribution >= 4 is 34.7 Å². The lowest BCUT2D eigenvalue weighted by atomic mass is 9.96. The number of carbonyl (C=O) groups excluding carboxylic acids is 1. The van der Waals surface area contributed by atoms with Gasteiger partial charge in [-0.3, -0.25) is 0 Å². The summed E-state index contributed by atoms with van der Waals surface area (Å²) in [4.78, 5) is 13.6. The predicted molar refractivity (Wildman–Crippen MR) is 101 cm³/mol. The van der Waals surface area contributed by atoms with Crippen molar-refractivity contribution in [2.75, 3.05) is 28.6 Å². The minimum atomic E-state index is -4.21. The minimum Gasteiger partial charge on any atom is -0.369 e. The highest BCUT2D eigenvalue weighted by molar-refractivity contribution is 6.30. The summed E-state index contributed by atoms with van der Waals surface area (Å²) in [5.74, 6) is -1.95. The number of anilines is 3. The average Bonchev–Trinajstić information content (AvgIpc) is 2.63. The second-order valence-electron chi connectivity index (χ2n) is 6.56. The van der Waals surface area contributed by atoms with Gasteiger partial charge in [0, 0.05) is 29.5 Å². The van der Waals surface area contributed by atoms with Crippen molar-refractivity contribution < 1.29 is 22.4 Å². The highest BCUT2D eigenvalue weighted by atomic mass is 35.5. The van der Waals surface area contributed by atoms with Crippen molar-refractivity contribution in [3.8, 4) is 0 Å². The van der Waals surface area contributed by atoms with Crippen LogP contribution in [0.4, 0.5) is 39.4 Å². The van der Waals surface area contributed by atoms with Gasteiger partial charge in [-0.15, -0.1) is 0 Å². The number of amides is 2. The molecule has 9 heteroatoms. The molecule has 0 saturated carbocycles. The fourth-order valence-electron chi connectivity index (χ4n) is 3.12. The van der Waals surface area contributed by atoms with Crippen LogP contribution in [0.25, 0.3) is 0 Å². The van der Waals surface area contributed by atoms with E-state index in [1.165, 1.54) is 12.1 Å². The monoisotopic (exact) mass is 415 g/mol. The van der Waals surface area contributed by atoms with Gasteiger partial charge >= 0.3 is 12.2 Å². The van der Waals surface area contributed by atoms with Crippen molar-refractivity contribution in [3.63, 3.8) is 0 Å². The zero-order valence-electron chi connectivity index (χ0n) is 14.7. The number of alkyl halides is 3. The van der Waals surface area contributed by atoms with Crippen LogP contribution in [0.2, 0.25) is 5.02 Å². The Hall–Kier alpha value is -2.48. The van der Waals surface area contributed by atoms with Crippen LogP contribution in [0.3, 0.4) is 0 Å². The molecule has 1 fully saturated rings. The van der Waals surface area contributed by atoms with Crippen LogP contribution in [0.1, 0.15) is 12.8 Å². The van der Waals surface area contributed by atoms with Gasteiger partial charge in [0.05, 0.1) is 11.6 Å². The number of hydrogen-bond acceptors (Lipinski definition) is 2. The van der Waals surface area contributed by atoms with E-state index in [1.54, 1.807) is 29.2 Å². The van der Waals surface area contributed by atoms with E-state index in [0.29, 0.717) is 10.7 Å². The Morgan fingerprint density at radius 1 is 1.00 bits per heavy atom. The molecule has 0 bridgehead atoms. The lowest BCUT2D eigenvalue weighted by Crippen LogP contribution is -2.39. The molecular formula is C19H18ClF4N3O. The molecule has 1 heterocycles. The summed E-state index contributed by atoms with van der Waals surface area (Å²) >= 11 is 5.77. The first-order valence-corrected chi connectivity index (χ1v) is 9.05. The molecule has 2 N–H and O–H groups in total. The summed E-state index contributed by atoms with van der Waals surface area (Å²) in [6.45, 7) is 0.260. The van der Waals surface area contributed by atoms with Crippen LogP contribution < -0.4 is 15.5 Å². The van der Waals surface area contributed by atoms with Crippen molar-refractivity contribution in [2.45, 2.75) is 19.0 Å². The normalized spacial score (nSPS) is 15.4. The van der Waals surface area contributed by atoms with Crippen molar-refractivity contribution in [1.29, 1.82) is 0 Å². The highest BCUT2D eigenvalue weighted by Crippen LogP contribution is 2.36. The molecule has 0 atom stereocenters. The average molecular weight is 416 g/mol. The highest BCUT2D eigenvalue weighted by Gasteiger charge is 2.41. The summed E-state index contributed by atoms with van der Waals surface area (Å²) in [6, 6.07) is 10.0. The van der Waals surface area contributed by atoms with Gasteiger partial charge in [0.1, 0.15) is 5.82 Å². The van der Waals surface area contributed by atoms with Gasteiger partial charge in [0.15, 0.2) is 0 Å². The van der Waals surface area contributed by atoms with E-state index < -0.39 is 23.9 Å². The van der Waals surface area contributed by atoms with E-state index in [0.717, 1.165) is 6.07 Å². The Morgan fingerprint density at radius 3 is 2.14 bits per heavy atom. The van der Waals surface area contributed by atoms with Crippen LogP contribution in [-0.2, 0) is 0 Å². The summed E-state index contributed by atoms with van der Waals surface area (Å²) < 4.78 is 52.7. The first kappa shape index (κ1) is 20.3. The number of halogens is 5. The smallest absolute Gasteiger partial charge is 0.369 e. The van der Waals surface area contributed by atoms with Crippen molar-refractivity contribution in [3.05, 3.63) is 53.3 Å². The molecular weight excluding hydrogens is 398 g/mol. The molecule has 1 aliphatic rings. The maximum Gasteiger partial charge on any atom is 0.391 e. The van der Waals surface area contributed by atoms with E-state index >= 15 is 0 Å². The van der Waals surface area contributed by atoms with Crippen molar-refractivity contribution in [2.24, 2.45) is 5.92 Å². The molecule has 2 aromatic carbocycles. The largest absolute Gasteiger partial charge is 0.391 e. The molecule has 2 aromatic rings. The number of hydrogen-bond donors (Lipinski definition) is 2. The topological polar surface area (TPSA) is 44.4 Å². The third kappa shape index (κ3) is 5.07. The maximum absolute atomic E-state index is 14.4. The molecule has 4 nitrogen and oxygen atoms in total. The summed E-state index contributed by atoms with van der Waals surface area (Å²) in [6.07, 6.45) is -4.34. The first-order chi connectivity index (χ1) is 13.2. The Bertz CT molecular complexity index is 834. The van der Waals surface area contributed by atoms with Gasteiger partial charge in [-0.2, -0.15) is 13.2 Å². The number of nitrogens with zero attached hydrogens (tertiary/aromatic N) is 1. The lowest BCUT2D eigenvalue weighted by molar-refractivity contribution is -0.179. The van der Waals surface area contributed by atoms with E-state index in [9.17, 15) is 22.4 Å². The zero-order valence-corrected chi connectivity index (χ0v) is 15.4. The molecule has 1 aliphatic heterocycles. The van der Waals surface area contributed by atoms with E-state index in [4.69, 9.17) is 11.6 Å². The molecule has 0 spiro atoms. The molecule has 0 radical (unpaired) electrons. The van der Waals surface area contributed by atoms with Crippen LogP contribution in [0, 0.1) is 11.7 Å². The first-order valence-electron chi connectivity index (χ1n) is 8.67. The third-order valence-corrected chi connectivity index (χ3v) is 4.86. The Labute approximate surface area is 164 Å². The molecule has 0 aliphatic carbocycles. The van der Waals surface area contributed by atoms with Gasteiger partial charge in [-0.1, -0.05) is 11.6 Å². The quantitative estimate of drug-likeness (QED) is 0.613. The molecule has 0 unspecified atom stereocenters. The van der Waals surface area contributed by atoms with Gasteiger partial charge in [0.2, 0.25) is 0 Å². The summed E-state index contributed by atoms with van der Waals surface area (Å²) in [7, 11) is 0. The number of carbonyl (C=O) groups is 1. The third-order valence-electron chi connectivity index (χ3n) is 4.61. The zero-order chi connectivity index (χ0) is 20.3. The molecule has 1 saturated heterocycles. The Balaban J connectivity index is 1.59. The number of urea groups is 1. The molecule has 3 rings (SSSR count). The number of piperidine rings is 1. The van der Waals surface area contributed by atoms with Crippen LogP contribution in [0.15, 0.2) is 42.5 Å². The van der Waals surface area contributed by atoms with Gasteiger partial charge in [-0.25, -0.2) is 9.18 Å². The molecule has 2 amide bonds. The van der Waals surface area contributed by atoms with Crippen LogP contribution in [0.5, 0.6) is 0 Å². The van der Waals surface area contributed by atoms with E-state index in [2.05, 4.69) is 10.6 Å².